The molecule has 1 saturated heterocycles. The Hall–Kier alpha value is -1.36. The first-order chi connectivity index (χ1) is 10.9. The van der Waals surface area contributed by atoms with Crippen LogP contribution in [0.25, 0.3) is 11.0 Å². The monoisotopic (exact) mass is 316 g/mol. The molecule has 126 valence electrons. The van der Waals surface area contributed by atoms with E-state index >= 15 is 0 Å². The lowest BCUT2D eigenvalue weighted by Gasteiger charge is -2.18. The summed E-state index contributed by atoms with van der Waals surface area (Å²) in [4.78, 5) is 2.42. The Morgan fingerprint density at radius 1 is 1.22 bits per heavy atom. The van der Waals surface area contributed by atoms with Crippen LogP contribution in [0.4, 0.5) is 0 Å². The number of nitrogens with one attached hydrogen (secondary N) is 1. The molecule has 1 aromatic carbocycles. The summed E-state index contributed by atoms with van der Waals surface area (Å²) in [5.74, 6) is 0.590. The van der Waals surface area contributed by atoms with E-state index in [1.54, 1.807) is 0 Å². The second kappa shape index (κ2) is 6.63. The van der Waals surface area contributed by atoms with Crippen LogP contribution >= 0.6 is 0 Å². The van der Waals surface area contributed by atoms with Crippen LogP contribution in [-0.4, -0.2) is 36.2 Å². The van der Waals surface area contributed by atoms with Gasteiger partial charge in [-0.3, -0.25) is 5.32 Å². The minimum absolute atomic E-state index is 0.109. The summed E-state index contributed by atoms with van der Waals surface area (Å²) in [5, 5.41) is 14.5. The number of fused-ring (bicyclic) bond motifs is 1. The molecule has 1 unspecified atom stereocenters. The second-order valence-electron chi connectivity index (χ2n) is 7.56. The van der Waals surface area contributed by atoms with Gasteiger partial charge in [-0.15, -0.1) is 0 Å². The van der Waals surface area contributed by atoms with Gasteiger partial charge in [-0.2, -0.15) is 0 Å². The van der Waals surface area contributed by atoms with Gasteiger partial charge < -0.3 is 14.4 Å². The molecule has 1 aromatic heterocycles. The summed E-state index contributed by atoms with van der Waals surface area (Å²) >= 11 is 0. The van der Waals surface area contributed by atoms with E-state index in [1.807, 2.05) is 12.1 Å². The van der Waals surface area contributed by atoms with Crippen molar-refractivity contribution < 1.29 is 9.52 Å². The van der Waals surface area contributed by atoms with E-state index in [9.17, 15) is 5.11 Å². The largest absolute Gasteiger partial charge is 0.457 e. The van der Waals surface area contributed by atoms with E-state index in [0.717, 1.165) is 24.1 Å². The topological polar surface area (TPSA) is 48.6 Å². The van der Waals surface area contributed by atoms with Crippen molar-refractivity contribution in [3.05, 3.63) is 35.6 Å². The number of aliphatic hydroxyl groups is 1. The lowest BCUT2D eigenvalue weighted by Crippen LogP contribution is -2.32. The highest BCUT2D eigenvalue weighted by atomic mass is 16.4. The zero-order chi connectivity index (χ0) is 16.4. The van der Waals surface area contributed by atoms with E-state index in [0.29, 0.717) is 5.76 Å². The van der Waals surface area contributed by atoms with Gasteiger partial charge in [0.1, 0.15) is 11.3 Å². The molecule has 0 aliphatic carbocycles. The van der Waals surface area contributed by atoms with Gasteiger partial charge in [0, 0.05) is 18.5 Å². The van der Waals surface area contributed by atoms with Crippen molar-refractivity contribution in [2.75, 3.05) is 26.2 Å². The molecule has 0 radical (unpaired) electrons. The molecule has 1 atom stereocenters. The van der Waals surface area contributed by atoms with Crippen LogP contribution in [0.15, 0.2) is 28.7 Å². The molecule has 0 saturated carbocycles. The van der Waals surface area contributed by atoms with E-state index in [-0.39, 0.29) is 5.41 Å². The number of hydrogen-bond donors (Lipinski definition) is 2. The molecule has 23 heavy (non-hydrogen) atoms. The standard InChI is InChI=1S/C19H28N2O2/c1-19(2,3)15-6-7-16-14(12-15)13-17(23-16)18(22)20-8-11-21-9-4-5-10-21/h6-7,12-13,18,20,22H,4-5,8-11H2,1-3H3. The van der Waals surface area contributed by atoms with Gasteiger partial charge in [0.05, 0.1) is 0 Å². The lowest BCUT2D eigenvalue weighted by atomic mass is 9.86. The predicted octanol–water partition coefficient (Wildman–Crippen LogP) is 3.41. The number of rotatable bonds is 5. The highest BCUT2D eigenvalue weighted by Gasteiger charge is 2.18. The first kappa shape index (κ1) is 16.5. The van der Waals surface area contributed by atoms with Crippen molar-refractivity contribution in [3.8, 4) is 0 Å². The fourth-order valence-corrected chi connectivity index (χ4v) is 3.13. The van der Waals surface area contributed by atoms with Crippen LogP contribution in [0.2, 0.25) is 0 Å². The van der Waals surface area contributed by atoms with Crippen LogP contribution in [0.5, 0.6) is 0 Å². The summed E-state index contributed by atoms with van der Waals surface area (Å²) in [6.45, 7) is 10.7. The molecule has 1 aliphatic rings. The predicted molar refractivity (Wildman–Crippen MR) is 93.6 cm³/mol. The Bertz CT molecular complexity index is 651. The normalized spacial score (nSPS) is 17.9. The smallest absolute Gasteiger partial charge is 0.164 e. The van der Waals surface area contributed by atoms with Crippen molar-refractivity contribution >= 4 is 11.0 Å². The SMILES string of the molecule is CC(C)(C)c1ccc2oc(C(O)NCCN3CCCC3)cc2c1. The molecule has 3 rings (SSSR count). The molecule has 2 aromatic rings. The second-order valence-corrected chi connectivity index (χ2v) is 7.56. The average molecular weight is 316 g/mol. The summed E-state index contributed by atoms with van der Waals surface area (Å²) in [6.07, 6.45) is 1.84. The van der Waals surface area contributed by atoms with Crippen LogP contribution < -0.4 is 5.32 Å². The van der Waals surface area contributed by atoms with Crippen molar-refractivity contribution in [2.45, 2.75) is 45.3 Å². The van der Waals surface area contributed by atoms with Gasteiger partial charge in [0.2, 0.25) is 0 Å². The van der Waals surface area contributed by atoms with E-state index in [4.69, 9.17) is 4.42 Å². The van der Waals surface area contributed by atoms with Crippen LogP contribution in [0.1, 0.15) is 51.2 Å². The molecule has 1 fully saturated rings. The Labute approximate surface area is 138 Å². The molecule has 4 heteroatoms. The van der Waals surface area contributed by atoms with Gasteiger partial charge in [0.25, 0.3) is 0 Å². The number of benzene rings is 1. The zero-order valence-electron chi connectivity index (χ0n) is 14.4. The summed E-state index contributed by atoms with van der Waals surface area (Å²) in [7, 11) is 0. The third kappa shape index (κ3) is 3.94. The molecular weight excluding hydrogens is 288 g/mol. The molecule has 2 N–H and O–H groups in total. The third-order valence-electron chi connectivity index (χ3n) is 4.64. The first-order valence-electron chi connectivity index (χ1n) is 8.61. The maximum Gasteiger partial charge on any atom is 0.164 e. The van der Waals surface area contributed by atoms with E-state index in [2.05, 4.69) is 43.1 Å². The molecule has 4 nitrogen and oxygen atoms in total. The maximum absolute atomic E-state index is 10.3. The summed E-state index contributed by atoms with van der Waals surface area (Å²) in [6, 6.07) is 8.19. The van der Waals surface area contributed by atoms with Crippen LogP contribution in [0, 0.1) is 0 Å². The minimum Gasteiger partial charge on any atom is -0.457 e. The number of likely N-dealkylation sites (tertiary alicyclic amines) is 1. The fourth-order valence-electron chi connectivity index (χ4n) is 3.13. The Morgan fingerprint density at radius 3 is 2.65 bits per heavy atom. The minimum atomic E-state index is -0.747. The quantitative estimate of drug-likeness (QED) is 0.830. The lowest BCUT2D eigenvalue weighted by molar-refractivity contribution is 0.112. The Kier molecular flexibility index (Phi) is 4.76. The molecule has 0 amide bonds. The van der Waals surface area contributed by atoms with Gasteiger partial charge in [-0.1, -0.05) is 26.8 Å². The highest BCUT2D eigenvalue weighted by Crippen LogP contribution is 2.29. The van der Waals surface area contributed by atoms with Gasteiger partial charge >= 0.3 is 0 Å². The van der Waals surface area contributed by atoms with E-state index < -0.39 is 6.23 Å². The van der Waals surface area contributed by atoms with Gasteiger partial charge in [-0.05, 0) is 55.1 Å². The van der Waals surface area contributed by atoms with Gasteiger partial charge in [-0.25, -0.2) is 0 Å². The van der Waals surface area contributed by atoms with Crippen molar-refractivity contribution in [3.63, 3.8) is 0 Å². The number of furan rings is 1. The molecule has 0 bridgehead atoms. The van der Waals surface area contributed by atoms with Crippen LogP contribution in [-0.2, 0) is 5.41 Å². The highest BCUT2D eigenvalue weighted by molar-refractivity contribution is 5.79. The van der Waals surface area contributed by atoms with Gasteiger partial charge in [0.15, 0.2) is 6.23 Å². The molecular formula is C19H28N2O2. The van der Waals surface area contributed by atoms with E-state index in [1.165, 1.54) is 31.5 Å². The summed E-state index contributed by atoms with van der Waals surface area (Å²) < 4.78 is 5.79. The molecule has 0 spiro atoms. The third-order valence-corrected chi connectivity index (χ3v) is 4.64. The van der Waals surface area contributed by atoms with Crippen molar-refractivity contribution in [1.82, 2.24) is 10.2 Å². The molecule has 1 aliphatic heterocycles. The maximum atomic E-state index is 10.3. The Balaban J connectivity index is 1.64. The fraction of sp³-hybridized carbons (Fsp3) is 0.579. The zero-order valence-corrected chi connectivity index (χ0v) is 14.4. The number of hydrogen-bond acceptors (Lipinski definition) is 4. The average Bonchev–Trinajstić information content (AvgIpc) is 3.14. The van der Waals surface area contributed by atoms with Crippen molar-refractivity contribution in [1.29, 1.82) is 0 Å². The Morgan fingerprint density at radius 2 is 1.96 bits per heavy atom. The summed E-state index contributed by atoms with van der Waals surface area (Å²) in [5.41, 5.74) is 2.21. The number of nitrogens with zero attached hydrogens (tertiary/aromatic N) is 1. The van der Waals surface area contributed by atoms with Crippen LogP contribution in [0.3, 0.4) is 0 Å². The first-order valence-corrected chi connectivity index (χ1v) is 8.61. The number of aliphatic hydroxyl groups excluding tert-OH is 1. The molecule has 2 heterocycles. The van der Waals surface area contributed by atoms with Crippen molar-refractivity contribution in [2.24, 2.45) is 0 Å².